The fraction of sp³-hybridized carbons (Fsp3) is 0.0667. The van der Waals surface area contributed by atoms with Gasteiger partial charge in [-0.15, -0.1) is 6.42 Å². The number of hydrogen-bond donors (Lipinski definition) is 0. The molecule has 0 saturated heterocycles. The lowest BCUT2D eigenvalue weighted by Gasteiger charge is -2.10. The molecule has 0 radical (unpaired) electrons. The van der Waals surface area contributed by atoms with E-state index in [2.05, 4.69) is 30.2 Å². The number of benzene rings is 2. The lowest BCUT2D eigenvalue weighted by molar-refractivity contribution is 1.07. The monoisotopic (exact) mass is 192 g/mol. The first-order valence-corrected chi connectivity index (χ1v) is 4.98. The van der Waals surface area contributed by atoms with Crippen LogP contribution in [0.1, 0.15) is 17.0 Å². The van der Waals surface area contributed by atoms with Crippen LogP contribution in [0.15, 0.2) is 60.7 Å². The molecule has 0 aliphatic rings. The van der Waals surface area contributed by atoms with E-state index in [0.29, 0.717) is 0 Å². The molecule has 15 heavy (non-hydrogen) atoms. The minimum Gasteiger partial charge on any atom is -0.119 e. The Morgan fingerprint density at radius 2 is 1.13 bits per heavy atom. The molecule has 0 aliphatic heterocycles. The second kappa shape index (κ2) is 4.48. The van der Waals surface area contributed by atoms with Crippen LogP contribution in [0.5, 0.6) is 0 Å². The zero-order chi connectivity index (χ0) is 10.5. The Hall–Kier alpha value is -2.00. The Morgan fingerprint density at radius 3 is 1.47 bits per heavy atom. The van der Waals surface area contributed by atoms with Crippen molar-refractivity contribution in [2.75, 3.05) is 0 Å². The van der Waals surface area contributed by atoms with E-state index < -0.39 is 0 Å². The fourth-order valence-corrected chi connectivity index (χ4v) is 1.68. The smallest absolute Gasteiger partial charge is 0.0699 e. The summed E-state index contributed by atoms with van der Waals surface area (Å²) in [6.07, 6.45) is 5.59. The summed E-state index contributed by atoms with van der Waals surface area (Å²) in [6.45, 7) is 0. The van der Waals surface area contributed by atoms with Gasteiger partial charge < -0.3 is 0 Å². The molecule has 0 fully saturated rings. The van der Waals surface area contributed by atoms with Crippen molar-refractivity contribution in [2.45, 2.75) is 5.92 Å². The van der Waals surface area contributed by atoms with E-state index in [-0.39, 0.29) is 5.92 Å². The molecule has 0 unspecified atom stereocenters. The van der Waals surface area contributed by atoms with Gasteiger partial charge in [0.15, 0.2) is 0 Å². The van der Waals surface area contributed by atoms with Crippen molar-refractivity contribution < 1.29 is 0 Å². The largest absolute Gasteiger partial charge is 0.119 e. The molecule has 0 nitrogen and oxygen atoms in total. The predicted octanol–water partition coefficient (Wildman–Crippen LogP) is 3.45. The van der Waals surface area contributed by atoms with Crippen LogP contribution in [0, 0.1) is 12.3 Å². The first kappa shape index (κ1) is 9.55. The molecule has 0 N–H and O–H groups in total. The molecular formula is C15H12. The van der Waals surface area contributed by atoms with Crippen LogP contribution in [-0.4, -0.2) is 0 Å². The molecule has 0 aromatic heterocycles. The fourth-order valence-electron chi connectivity index (χ4n) is 1.68. The van der Waals surface area contributed by atoms with Gasteiger partial charge >= 0.3 is 0 Å². The molecular weight excluding hydrogens is 180 g/mol. The Labute approximate surface area is 90.6 Å². The van der Waals surface area contributed by atoms with Gasteiger partial charge in [-0.05, 0) is 11.1 Å². The molecule has 0 heteroatoms. The van der Waals surface area contributed by atoms with Crippen LogP contribution in [0.25, 0.3) is 0 Å². The summed E-state index contributed by atoms with van der Waals surface area (Å²) in [7, 11) is 0. The molecule has 0 bridgehead atoms. The second-order valence-electron chi connectivity index (χ2n) is 3.42. The molecule has 0 spiro atoms. The van der Waals surface area contributed by atoms with E-state index in [1.807, 2.05) is 36.4 Å². The van der Waals surface area contributed by atoms with Crippen molar-refractivity contribution in [3.8, 4) is 12.3 Å². The van der Waals surface area contributed by atoms with Crippen LogP contribution < -0.4 is 0 Å². The lowest BCUT2D eigenvalue weighted by Crippen LogP contribution is -1.96. The van der Waals surface area contributed by atoms with Gasteiger partial charge in [-0.3, -0.25) is 0 Å². The van der Waals surface area contributed by atoms with Gasteiger partial charge in [0.2, 0.25) is 0 Å². The van der Waals surface area contributed by atoms with E-state index >= 15 is 0 Å². The highest BCUT2D eigenvalue weighted by atomic mass is 14.1. The highest BCUT2D eigenvalue weighted by Gasteiger charge is 2.09. The summed E-state index contributed by atoms with van der Waals surface area (Å²) < 4.78 is 0. The van der Waals surface area contributed by atoms with Crippen LogP contribution in [-0.2, 0) is 0 Å². The van der Waals surface area contributed by atoms with Crippen LogP contribution in [0.2, 0.25) is 0 Å². The van der Waals surface area contributed by atoms with Crippen molar-refractivity contribution in [2.24, 2.45) is 0 Å². The Morgan fingerprint density at radius 1 is 0.733 bits per heavy atom. The molecule has 0 atom stereocenters. The summed E-state index contributed by atoms with van der Waals surface area (Å²) in [6, 6.07) is 20.3. The first-order chi connectivity index (χ1) is 7.42. The van der Waals surface area contributed by atoms with Gasteiger partial charge in [0.25, 0.3) is 0 Å². The summed E-state index contributed by atoms with van der Waals surface area (Å²) in [5, 5.41) is 0. The van der Waals surface area contributed by atoms with E-state index in [0.717, 1.165) is 0 Å². The first-order valence-electron chi connectivity index (χ1n) is 4.98. The van der Waals surface area contributed by atoms with Gasteiger partial charge in [-0.25, -0.2) is 0 Å². The molecule has 0 saturated carbocycles. The van der Waals surface area contributed by atoms with Gasteiger partial charge in [0.1, 0.15) is 0 Å². The maximum Gasteiger partial charge on any atom is 0.0699 e. The lowest BCUT2D eigenvalue weighted by atomic mass is 9.92. The van der Waals surface area contributed by atoms with Gasteiger partial charge in [0.05, 0.1) is 5.92 Å². The maximum atomic E-state index is 5.59. The zero-order valence-corrected chi connectivity index (χ0v) is 8.43. The zero-order valence-electron chi connectivity index (χ0n) is 8.43. The highest BCUT2D eigenvalue weighted by Crippen LogP contribution is 2.22. The third kappa shape index (κ3) is 2.08. The Balaban J connectivity index is 2.39. The highest BCUT2D eigenvalue weighted by molar-refractivity contribution is 5.38. The van der Waals surface area contributed by atoms with E-state index in [1.54, 1.807) is 0 Å². The Bertz CT molecular complexity index is 409. The van der Waals surface area contributed by atoms with Crippen LogP contribution in [0.3, 0.4) is 0 Å². The van der Waals surface area contributed by atoms with Gasteiger partial charge in [-0.2, -0.15) is 0 Å². The number of hydrogen-bond acceptors (Lipinski definition) is 0. The molecule has 2 aromatic carbocycles. The van der Waals surface area contributed by atoms with Crippen molar-refractivity contribution in [1.29, 1.82) is 0 Å². The van der Waals surface area contributed by atoms with E-state index in [9.17, 15) is 0 Å². The van der Waals surface area contributed by atoms with Crippen molar-refractivity contribution in [1.82, 2.24) is 0 Å². The molecule has 0 heterocycles. The van der Waals surface area contributed by atoms with Crippen LogP contribution in [0.4, 0.5) is 0 Å². The van der Waals surface area contributed by atoms with Crippen molar-refractivity contribution in [3.63, 3.8) is 0 Å². The molecule has 2 rings (SSSR count). The topological polar surface area (TPSA) is 0 Å². The number of rotatable bonds is 2. The van der Waals surface area contributed by atoms with Gasteiger partial charge in [-0.1, -0.05) is 66.6 Å². The molecule has 0 aliphatic carbocycles. The summed E-state index contributed by atoms with van der Waals surface area (Å²) in [4.78, 5) is 0. The summed E-state index contributed by atoms with van der Waals surface area (Å²) in [5.74, 6) is 2.90. The average Bonchev–Trinajstić information content (AvgIpc) is 2.33. The van der Waals surface area contributed by atoms with Crippen molar-refractivity contribution in [3.05, 3.63) is 71.8 Å². The summed E-state index contributed by atoms with van der Waals surface area (Å²) >= 11 is 0. The quantitative estimate of drug-likeness (QED) is 0.639. The van der Waals surface area contributed by atoms with Crippen LogP contribution >= 0.6 is 0 Å². The Kier molecular flexibility index (Phi) is 2.85. The average molecular weight is 192 g/mol. The second-order valence-corrected chi connectivity index (χ2v) is 3.42. The normalized spacial score (nSPS) is 9.87. The molecule has 72 valence electrons. The SMILES string of the molecule is C#CC(c1ccccc1)c1ccccc1. The minimum absolute atomic E-state index is 0.0624. The summed E-state index contributed by atoms with van der Waals surface area (Å²) in [5.41, 5.74) is 2.34. The third-order valence-electron chi connectivity index (χ3n) is 2.43. The molecule has 0 amide bonds. The minimum atomic E-state index is 0.0624. The van der Waals surface area contributed by atoms with E-state index in [4.69, 9.17) is 6.42 Å². The standard InChI is InChI=1S/C15H12/c1-2-15(13-9-5-3-6-10-13)14-11-7-4-8-12-14/h1,3-12,15H. The van der Waals surface area contributed by atoms with E-state index in [1.165, 1.54) is 11.1 Å². The van der Waals surface area contributed by atoms with Gasteiger partial charge in [0, 0.05) is 0 Å². The number of terminal acetylenes is 1. The molecule has 2 aromatic rings. The predicted molar refractivity (Wildman–Crippen MR) is 63.6 cm³/mol. The van der Waals surface area contributed by atoms with Crippen molar-refractivity contribution >= 4 is 0 Å². The third-order valence-corrected chi connectivity index (χ3v) is 2.43. The maximum absolute atomic E-state index is 5.59.